The van der Waals surface area contributed by atoms with Gasteiger partial charge in [-0.1, -0.05) is 0 Å². The summed E-state index contributed by atoms with van der Waals surface area (Å²) in [4.78, 5) is 1.92. The van der Waals surface area contributed by atoms with Crippen LogP contribution < -0.4 is 4.74 Å². The van der Waals surface area contributed by atoms with Crippen molar-refractivity contribution in [3.8, 4) is 5.75 Å². The molecule has 4 heteroatoms. The van der Waals surface area contributed by atoms with Gasteiger partial charge in [0.2, 0.25) is 0 Å². The summed E-state index contributed by atoms with van der Waals surface area (Å²) in [5.74, 6) is -1.17. The van der Waals surface area contributed by atoms with Gasteiger partial charge < -0.3 is 9.64 Å². The van der Waals surface area contributed by atoms with Crippen LogP contribution in [-0.2, 0) is 0 Å². The van der Waals surface area contributed by atoms with Crippen molar-refractivity contribution in [2.45, 2.75) is 0 Å². The van der Waals surface area contributed by atoms with E-state index < -0.39 is 11.6 Å². The third-order valence-corrected chi connectivity index (χ3v) is 1.69. The Morgan fingerprint density at radius 1 is 1.29 bits per heavy atom. The van der Waals surface area contributed by atoms with Crippen LogP contribution in [-0.4, -0.2) is 32.1 Å². The van der Waals surface area contributed by atoms with E-state index in [0.717, 1.165) is 6.07 Å². The van der Waals surface area contributed by atoms with Gasteiger partial charge in [-0.2, -0.15) is 0 Å². The van der Waals surface area contributed by atoms with E-state index in [9.17, 15) is 8.78 Å². The molecule has 0 saturated carbocycles. The minimum absolute atomic E-state index is 0.0910. The quantitative estimate of drug-likeness (QED) is 0.737. The van der Waals surface area contributed by atoms with E-state index in [-0.39, 0.29) is 5.75 Å². The molecule has 2 nitrogen and oxygen atoms in total. The van der Waals surface area contributed by atoms with Gasteiger partial charge in [0.1, 0.15) is 12.4 Å². The Labute approximate surface area is 82.1 Å². The van der Waals surface area contributed by atoms with Crippen molar-refractivity contribution in [1.82, 2.24) is 4.90 Å². The van der Waals surface area contributed by atoms with Gasteiger partial charge in [-0.05, 0) is 26.2 Å². The monoisotopic (exact) mass is 201 g/mol. The molecule has 0 unspecified atom stereocenters. The molecule has 0 atom stereocenters. The summed E-state index contributed by atoms with van der Waals surface area (Å²) >= 11 is 0. The predicted molar refractivity (Wildman–Crippen MR) is 50.4 cm³/mol. The van der Waals surface area contributed by atoms with Crippen LogP contribution in [0.5, 0.6) is 5.75 Å². The lowest BCUT2D eigenvalue weighted by Crippen LogP contribution is -2.19. The van der Waals surface area contributed by atoms with Crippen molar-refractivity contribution in [3.63, 3.8) is 0 Å². The molecule has 0 spiro atoms. The fourth-order valence-corrected chi connectivity index (χ4v) is 0.930. The van der Waals surface area contributed by atoms with E-state index in [1.165, 1.54) is 12.1 Å². The minimum atomic E-state index is -0.663. The van der Waals surface area contributed by atoms with Gasteiger partial charge in [0.05, 0.1) is 0 Å². The van der Waals surface area contributed by atoms with Crippen molar-refractivity contribution in [1.29, 1.82) is 0 Å². The zero-order valence-electron chi connectivity index (χ0n) is 8.26. The Morgan fingerprint density at radius 2 is 2.00 bits per heavy atom. The third kappa shape index (κ3) is 3.30. The van der Waals surface area contributed by atoms with Crippen LogP contribution >= 0.6 is 0 Å². The lowest BCUT2D eigenvalue weighted by atomic mass is 10.3. The van der Waals surface area contributed by atoms with Crippen molar-refractivity contribution >= 4 is 0 Å². The summed E-state index contributed by atoms with van der Waals surface area (Å²) in [6.45, 7) is 1.08. The molecule has 1 aromatic carbocycles. The second kappa shape index (κ2) is 4.91. The van der Waals surface area contributed by atoms with Gasteiger partial charge in [0.25, 0.3) is 0 Å². The normalized spacial score (nSPS) is 10.6. The molecule has 0 aromatic heterocycles. The first-order chi connectivity index (χ1) is 6.59. The third-order valence-electron chi connectivity index (χ3n) is 1.69. The van der Waals surface area contributed by atoms with Crippen LogP contribution in [0.1, 0.15) is 0 Å². The van der Waals surface area contributed by atoms with Gasteiger partial charge in [-0.15, -0.1) is 0 Å². The number of rotatable bonds is 4. The second-order valence-electron chi connectivity index (χ2n) is 3.23. The van der Waals surface area contributed by atoms with E-state index in [2.05, 4.69) is 0 Å². The first-order valence-electron chi connectivity index (χ1n) is 4.32. The number of likely N-dealkylation sites (N-methyl/N-ethyl adjacent to an activating group) is 1. The lowest BCUT2D eigenvalue weighted by Gasteiger charge is -2.11. The number of ether oxygens (including phenoxy) is 1. The lowest BCUT2D eigenvalue weighted by molar-refractivity contribution is 0.252. The van der Waals surface area contributed by atoms with Crippen LogP contribution in [0.25, 0.3) is 0 Å². The molecule has 0 bridgehead atoms. The van der Waals surface area contributed by atoms with Crippen LogP contribution in [0, 0.1) is 11.6 Å². The molecule has 0 saturated heterocycles. The van der Waals surface area contributed by atoms with Crippen molar-refractivity contribution in [3.05, 3.63) is 29.8 Å². The summed E-state index contributed by atoms with van der Waals surface area (Å²) in [7, 11) is 3.79. The largest absolute Gasteiger partial charge is 0.489 e. The molecule has 0 aliphatic rings. The van der Waals surface area contributed by atoms with Crippen LogP contribution in [0.15, 0.2) is 18.2 Å². The molecule has 14 heavy (non-hydrogen) atoms. The van der Waals surface area contributed by atoms with Gasteiger partial charge >= 0.3 is 0 Å². The van der Waals surface area contributed by atoms with Crippen LogP contribution in [0.4, 0.5) is 8.78 Å². The number of hydrogen-bond donors (Lipinski definition) is 0. The highest BCUT2D eigenvalue weighted by atomic mass is 19.1. The highest BCUT2D eigenvalue weighted by Crippen LogP contribution is 2.17. The maximum absolute atomic E-state index is 13.0. The van der Waals surface area contributed by atoms with Gasteiger partial charge in [-0.25, -0.2) is 8.78 Å². The molecule has 0 aliphatic heterocycles. The van der Waals surface area contributed by atoms with Gasteiger partial charge in [-0.3, -0.25) is 0 Å². The number of nitrogens with zero attached hydrogens (tertiary/aromatic N) is 1. The molecule has 0 fully saturated rings. The van der Waals surface area contributed by atoms with E-state index in [1.807, 2.05) is 19.0 Å². The summed E-state index contributed by atoms with van der Waals surface area (Å²) in [6.07, 6.45) is 0. The molecule has 0 N–H and O–H groups in total. The zero-order valence-corrected chi connectivity index (χ0v) is 8.26. The molecular weight excluding hydrogens is 188 g/mol. The smallest absolute Gasteiger partial charge is 0.167 e. The van der Waals surface area contributed by atoms with Gasteiger partial charge in [0.15, 0.2) is 11.6 Å². The standard InChI is InChI=1S/C10H13F2NO/c1-13(2)5-6-14-10-4-3-8(11)7-9(10)12/h3-4,7H,5-6H2,1-2H3. The Morgan fingerprint density at radius 3 is 2.57 bits per heavy atom. The molecule has 1 aromatic rings. The Bertz CT molecular complexity index is 302. The Kier molecular flexibility index (Phi) is 3.83. The fourth-order valence-electron chi connectivity index (χ4n) is 0.930. The highest BCUT2D eigenvalue weighted by molar-refractivity contribution is 5.24. The summed E-state index contributed by atoms with van der Waals surface area (Å²) in [5.41, 5.74) is 0. The molecule has 0 heterocycles. The molecule has 0 amide bonds. The molecular formula is C10H13F2NO. The van der Waals surface area contributed by atoms with Crippen LogP contribution in [0.2, 0.25) is 0 Å². The number of benzene rings is 1. The maximum atomic E-state index is 13.0. The first-order valence-corrected chi connectivity index (χ1v) is 4.32. The summed E-state index contributed by atoms with van der Waals surface area (Å²) in [6, 6.07) is 3.28. The van der Waals surface area contributed by atoms with E-state index in [4.69, 9.17) is 4.74 Å². The second-order valence-corrected chi connectivity index (χ2v) is 3.23. The highest BCUT2D eigenvalue weighted by Gasteiger charge is 2.04. The topological polar surface area (TPSA) is 12.5 Å². The molecule has 1 rings (SSSR count). The minimum Gasteiger partial charge on any atom is -0.489 e. The van der Waals surface area contributed by atoms with Crippen molar-refractivity contribution in [2.24, 2.45) is 0 Å². The van der Waals surface area contributed by atoms with E-state index >= 15 is 0 Å². The molecule has 0 radical (unpaired) electrons. The first kappa shape index (κ1) is 10.9. The van der Waals surface area contributed by atoms with E-state index in [1.54, 1.807) is 0 Å². The summed E-state index contributed by atoms with van der Waals surface area (Å²) < 4.78 is 30.6. The molecule has 78 valence electrons. The fraction of sp³-hybridized carbons (Fsp3) is 0.400. The summed E-state index contributed by atoms with van der Waals surface area (Å²) in [5, 5.41) is 0. The van der Waals surface area contributed by atoms with Crippen molar-refractivity contribution < 1.29 is 13.5 Å². The Balaban J connectivity index is 2.51. The zero-order chi connectivity index (χ0) is 10.6. The van der Waals surface area contributed by atoms with Crippen LogP contribution in [0.3, 0.4) is 0 Å². The van der Waals surface area contributed by atoms with Gasteiger partial charge in [0, 0.05) is 12.6 Å². The Hall–Kier alpha value is -1.16. The van der Waals surface area contributed by atoms with Crippen molar-refractivity contribution in [2.75, 3.05) is 27.2 Å². The molecule has 0 aliphatic carbocycles. The maximum Gasteiger partial charge on any atom is 0.167 e. The number of hydrogen-bond acceptors (Lipinski definition) is 2. The average Bonchev–Trinajstić information content (AvgIpc) is 2.08. The van der Waals surface area contributed by atoms with E-state index in [0.29, 0.717) is 13.2 Å². The average molecular weight is 201 g/mol. The SMILES string of the molecule is CN(C)CCOc1ccc(F)cc1F. The number of halogens is 2. The predicted octanol–water partition coefficient (Wildman–Crippen LogP) is 1.91.